The van der Waals surface area contributed by atoms with Gasteiger partial charge in [0.1, 0.15) is 5.60 Å². The Bertz CT molecular complexity index is 688. The first-order valence-corrected chi connectivity index (χ1v) is 9.22. The average molecular weight is 422 g/mol. The summed E-state index contributed by atoms with van der Waals surface area (Å²) in [5.74, 6) is 0. The maximum absolute atomic E-state index is 6.68. The van der Waals surface area contributed by atoms with Crippen LogP contribution in [0.1, 0.15) is 36.0 Å². The van der Waals surface area contributed by atoms with Crippen LogP contribution in [0.5, 0.6) is 0 Å². The van der Waals surface area contributed by atoms with Gasteiger partial charge in [0, 0.05) is 6.61 Å². The van der Waals surface area contributed by atoms with E-state index in [1.165, 1.54) is 0 Å². The third kappa shape index (κ3) is 5.50. The molecule has 3 aromatic carbocycles. The summed E-state index contributed by atoms with van der Waals surface area (Å²) in [4.78, 5) is 0. The third-order valence-corrected chi connectivity index (χ3v) is 4.62. The van der Waals surface area contributed by atoms with Gasteiger partial charge in [-0.2, -0.15) is 0 Å². The van der Waals surface area contributed by atoms with Crippen molar-refractivity contribution in [1.82, 2.24) is 0 Å². The Kier molecular flexibility index (Phi) is 10.7. The van der Waals surface area contributed by atoms with Crippen molar-refractivity contribution in [1.29, 1.82) is 0 Å². The number of ether oxygens (including phenoxy) is 1. The van der Waals surface area contributed by atoms with Crippen LogP contribution < -0.4 is 0 Å². The normalized spacial score (nSPS) is 10.4. The monoisotopic (exact) mass is 420 g/mol. The Hall–Kier alpha value is -2.02. The van der Waals surface area contributed by atoms with Crippen LogP contribution in [-0.4, -0.2) is 6.61 Å². The predicted octanol–water partition coefficient (Wildman–Crippen LogP) is 6.60. The second-order valence-corrected chi connectivity index (χ2v) is 6.36. The van der Waals surface area contributed by atoms with Crippen molar-refractivity contribution in [3.63, 3.8) is 0 Å². The van der Waals surface area contributed by atoms with Crippen LogP contribution in [0.25, 0.3) is 0 Å². The zero-order valence-electron chi connectivity index (χ0n) is 16.8. The summed E-state index contributed by atoms with van der Waals surface area (Å²) in [7, 11) is 0. The topological polar surface area (TPSA) is 9.23 Å². The van der Waals surface area contributed by atoms with Gasteiger partial charge < -0.3 is 18.7 Å². The smallest absolute Gasteiger partial charge is 0.518 e. The molecule has 0 N–H and O–H groups in total. The van der Waals surface area contributed by atoms with Gasteiger partial charge in [-0.15, -0.1) is 0 Å². The fourth-order valence-electron chi connectivity index (χ4n) is 3.36. The fourth-order valence-corrected chi connectivity index (χ4v) is 3.36. The van der Waals surface area contributed by atoms with Gasteiger partial charge in [-0.1, -0.05) is 104 Å². The van der Waals surface area contributed by atoms with Crippen molar-refractivity contribution in [2.45, 2.75) is 24.9 Å². The van der Waals surface area contributed by atoms with Crippen LogP contribution in [0.4, 0.5) is 0 Å². The van der Waals surface area contributed by atoms with E-state index in [1.807, 2.05) is 18.2 Å². The van der Waals surface area contributed by atoms with Crippen LogP contribution in [0.2, 0.25) is 0 Å². The largest absolute Gasteiger partial charge is 2.00 e. The molecular weight excluding hydrogens is 394 g/mol. The molecular formula is C26H28OZn. The first kappa shape index (κ1) is 24.0. The number of hydrogen-bond donors (Lipinski definition) is 0. The minimum Gasteiger partial charge on any atom is -0.518 e. The Morgan fingerprint density at radius 3 is 1.43 bits per heavy atom. The van der Waals surface area contributed by atoms with Gasteiger partial charge in [0.2, 0.25) is 0 Å². The minimum absolute atomic E-state index is 0. The van der Waals surface area contributed by atoms with Gasteiger partial charge >= 0.3 is 19.5 Å². The second-order valence-electron chi connectivity index (χ2n) is 6.36. The van der Waals surface area contributed by atoms with E-state index in [-0.39, 0.29) is 26.9 Å². The summed E-state index contributed by atoms with van der Waals surface area (Å²) in [6.07, 6.45) is 4.64. The molecule has 0 fully saturated rings. The van der Waals surface area contributed by atoms with E-state index >= 15 is 0 Å². The van der Waals surface area contributed by atoms with Gasteiger partial charge in [0.15, 0.2) is 0 Å². The molecule has 3 rings (SSSR count). The van der Waals surface area contributed by atoms with Crippen molar-refractivity contribution in [3.05, 3.63) is 128 Å². The molecule has 0 aliphatic rings. The molecule has 0 heterocycles. The van der Waals surface area contributed by atoms with Gasteiger partial charge in [-0.05, 0) is 23.1 Å². The Morgan fingerprint density at radius 1 is 0.679 bits per heavy atom. The van der Waals surface area contributed by atoms with Gasteiger partial charge in [-0.25, -0.2) is 0 Å². The van der Waals surface area contributed by atoms with Crippen LogP contribution in [0.15, 0.2) is 97.1 Å². The molecule has 0 bridgehead atoms. The van der Waals surface area contributed by atoms with E-state index in [1.54, 1.807) is 6.08 Å². The maximum atomic E-state index is 6.68. The quantitative estimate of drug-likeness (QED) is 0.164. The molecule has 0 radical (unpaired) electrons. The standard InChI is InChI=1S/C25H25O.CH3.Zn/c1-2-3-4-14-21-26-25(22-15-8-5-9-16-22,23-17-10-6-11-18-23)24-19-12-7-13-20-24;;/h1-2,5-13,15-20H,3-4,14,21H2;1H3;/q2*-1;+2. The summed E-state index contributed by atoms with van der Waals surface area (Å²) in [6, 6.07) is 31.4. The first-order valence-electron chi connectivity index (χ1n) is 9.22. The molecule has 0 aliphatic heterocycles. The molecule has 3 aromatic rings. The zero-order valence-corrected chi connectivity index (χ0v) is 19.7. The third-order valence-electron chi connectivity index (χ3n) is 4.62. The summed E-state index contributed by atoms with van der Waals surface area (Å²) in [5.41, 5.74) is 2.81. The van der Waals surface area contributed by atoms with Gasteiger partial charge in [-0.3, -0.25) is 6.08 Å². The van der Waals surface area contributed by atoms with Crippen LogP contribution in [-0.2, 0) is 29.8 Å². The van der Waals surface area contributed by atoms with Crippen molar-refractivity contribution < 1.29 is 24.2 Å². The summed E-state index contributed by atoms with van der Waals surface area (Å²) >= 11 is 0. The first-order chi connectivity index (χ1) is 12.9. The Labute approximate surface area is 183 Å². The molecule has 140 valence electrons. The van der Waals surface area contributed by atoms with E-state index < -0.39 is 5.60 Å². The zero-order chi connectivity index (χ0) is 18.1. The summed E-state index contributed by atoms with van der Waals surface area (Å²) in [6.45, 7) is 6.18. The van der Waals surface area contributed by atoms with Gasteiger partial charge in [0.25, 0.3) is 0 Å². The molecule has 2 heteroatoms. The molecule has 0 spiro atoms. The summed E-state index contributed by atoms with van der Waals surface area (Å²) < 4.78 is 6.68. The molecule has 28 heavy (non-hydrogen) atoms. The average Bonchev–Trinajstić information content (AvgIpc) is 2.73. The van der Waals surface area contributed by atoms with E-state index in [4.69, 9.17) is 11.3 Å². The van der Waals surface area contributed by atoms with E-state index in [2.05, 4.69) is 72.8 Å². The molecule has 0 unspecified atom stereocenters. The molecule has 1 nitrogen and oxygen atoms in total. The Morgan fingerprint density at radius 2 is 1.07 bits per heavy atom. The fraction of sp³-hybridized carbons (Fsp3) is 0.192. The number of unbranched alkanes of at least 4 members (excludes halogenated alkanes) is 2. The van der Waals surface area contributed by atoms with E-state index in [0.717, 1.165) is 36.0 Å². The number of benzene rings is 3. The van der Waals surface area contributed by atoms with Crippen LogP contribution >= 0.6 is 0 Å². The van der Waals surface area contributed by atoms with Crippen molar-refractivity contribution in [3.8, 4) is 0 Å². The van der Waals surface area contributed by atoms with Gasteiger partial charge in [0.05, 0.1) is 0 Å². The summed E-state index contributed by atoms with van der Waals surface area (Å²) in [5, 5.41) is 0. The molecule has 0 atom stereocenters. The van der Waals surface area contributed by atoms with Crippen molar-refractivity contribution in [2.24, 2.45) is 0 Å². The maximum Gasteiger partial charge on any atom is 2.00 e. The van der Waals surface area contributed by atoms with E-state index in [0.29, 0.717) is 6.61 Å². The molecule has 0 saturated carbocycles. The number of hydrogen-bond acceptors (Lipinski definition) is 1. The molecule has 0 saturated heterocycles. The van der Waals surface area contributed by atoms with Crippen LogP contribution in [0, 0.1) is 14.0 Å². The van der Waals surface area contributed by atoms with Crippen LogP contribution in [0.3, 0.4) is 0 Å². The molecule has 0 amide bonds. The Balaban J connectivity index is 0.00000196. The van der Waals surface area contributed by atoms with E-state index in [9.17, 15) is 0 Å². The van der Waals surface area contributed by atoms with Crippen molar-refractivity contribution in [2.75, 3.05) is 6.61 Å². The number of allylic oxidation sites excluding steroid dienone is 1. The SMILES string of the molecule is [CH-]=CCCCCOC(c1ccccc1)(c1ccccc1)c1ccccc1.[CH3-].[Zn+2]. The number of rotatable bonds is 9. The second kappa shape index (κ2) is 12.4. The molecule has 0 aromatic heterocycles. The predicted molar refractivity (Wildman–Crippen MR) is 114 cm³/mol. The minimum atomic E-state index is -0.615. The van der Waals surface area contributed by atoms with Crippen molar-refractivity contribution >= 4 is 0 Å². The molecule has 0 aliphatic carbocycles.